The second-order valence-corrected chi connectivity index (χ2v) is 6.47. The lowest BCUT2D eigenvalue weighted by atomic mass is 10.0. The third kappa shape index (κ3) is 4.23. The number of Topliss-reactive ketones (excluding diaryl/α,β-unsaturated/α-hetero) is 1. The van der Waals surface area contributed by atoms with Gasteiger partial charge in [-0.25, -0.2) is 9.69 Å². The number of pyridine rings is 1. The normalized spacial score (nSPS) is 19.7. The molecule has 0 aliphatic carbocycles. The number of carbonyl (C=O) groups is 3. The predicted octanol–water partition coefficient (Wildman–Crippen LogP) is 3.73. The molecule has 1 saturated heterocycles. The van der Waals surface area contributed by atoms with Crippen molar-refractivity contribution in [1.82, 2.24) is 9.88 Å². The molecule has 2 atom stereocenters. The molecule has 6 nitrogen and oxygen atoms in total. The lowest BCUT2D eigenvalue weighted by Gasteiger charge is -2.19. The molecule has 1 aliphatic rings. The highest BCUT2D eigenvalue weighted by Gasteiger charge is 2.43. The number of ketones is 1. The Kier molecular flexibility index (Phi) is 5.66. The van der Waals surface area contributed by atoms with Crippen LogP contribution in [0.3, 0.4) is 0 Å². The van der Waals surface area contributed by atoms with Crippen LogP contribution in [0.2, 0.25) is 0 Å². The van der Waals surface area contributed by atoms with E-state index in [-0.39, 0.29) is 5.03 Å². The maximum absolute atomic E-state index is 12.5. The smallest absolute Gasteiger partial charge is 0.417 e. The van der Waals surface area contributed by atoms with Gasteiger partial charge in [0.05, 0.1) is 23.2 Å². The molecule has 0 saturated carbocycles. The molecular weight excluding hydrogens is 368 g/mol. The summed E-state index contributed by atoms with van der Waals surface area (Å²) in [7, 11) is 0. The summed E-state index contributed by atoms with van der Waals surface area (Å²) in [6.07, 6.45) is 1.09. The number of hydrogen-bond donors (Lipinski definition) is 0. The molecule has 3 rings (SSSR count). The maximum atomic E-state index is 12.5. The highest BCUT2D eigenvalue weighted by atomic mass is 35.5. The summed E-state index contributed by atoms with van der Waals surface area (Å²) in [5.41, 5.74) is 1.29. The number of cyclic esters (lactones) is 1. The Morgan fingerprint density at radius 3 is 2.56 bits per heavy atom. The van der Waals surface area contributed by atoms with Crippen molar-refractivity contribution in [2.24, 2.45) is 0 Å². The fourth-order valence-corrected chi connectivity index (χ4v) is 3.04. The van der Waals surface area contributed by atoms with Crippen LogP contribution in [0, 0.1) is 0 Å². The molecule has 0 radical (unpaired) electrons. The van der Waals surface area contributed by atoms with Crippen molar-refractivity contribution in [3.63, 3.8) is 0 Å². The zero-order valence-electron chi connectivity index (χ0n) is 14.5. The van der Waals surface area contributed by atoms with E-state index in [1.165, 1.54) is 6.08 Å². The fraction of sp³-hybridized carbons (Fsp3) is 0.200. The lowest BCUT2D eigenvalue weighted by molar-refractivity contribution is -0.132. The van der Waals surface area contributed by atoms with Gasteiger partial charge in [0.15, 0.2) is 5.78 Å². The van der Waals surface area contributed by atoms with Gasteiger partial charge in [-0.3, -0.25) is 14.6 Å². The van der Waals surface area contributed by atoms with E-state index in [4.69, 9.17) is 16.3 Å². The molecule has 2 aromatic rings. The predicted molar refractivity (Wildman–Crippen MR) is 99.7 cm³/mol. The molecule has 27 heavy (non-hydrogen) atoms. The van der Waals surface area contributed by atoms with Gasteiger partial charge < -0.3 is 4.74 Å². The molecule has 0 N–H and O–H groups in total. The van der Waals surface area contributed by atoms with Gasteiger partial charge in [0, 0.05) is 6.20 Å². The largest absolute Gasteiger partial charge is 0.439 e. The zero-order valence-corrected chi connectivity index (χ0v) is 15.3. The van der Waals surface area contributed by atoms with Crippen LogP contribution in [0.15, 0.2) is 59.8 Å². The minimum atomic E-state index is -0.765. The van der Waals surface area contributed by atoms with E-state index in [0.29, 0.717) is 5.69 Å². The molecule has 2 amide bonds. The Labute approximate surface area is 161 Å². The Bertz CT molecular complexity index is 883. The van der Waals surface area contributed by atoms with Crippen molar-refractivity contribution in [2.45, 2.75) is 25.5 Å². The summed E-state index contributed by atoms with van der Waals surface area (Å²) in [5.74, 6) is -1.24. The molecule has 0 spiro atoms. The summed E-state index contributed by atoms with van der Waals surface area (Å²) in [6.45, 7) is 1.70. The Hall–Kier alpha value is -2.99. The second kappa shape index (κ2) is 8.14. The van der Waals surface area contributed by atoms with E-state index >= 15 is 0 Å². The van der Waals surface area contributed by atoms with Crippen LogP contribution < -0.4 is 0 Å². The molecule has 1 fully saturated rings. The molecule has 1 aromatic heterocycles. The van der Waals surface area contributed by atoms with Crippen LogP contribution in [0.4, 0.5) is 4.79 Å². The first-order chi connectivity index (χ1) is 13.0. The first-order valence-electron chi connectivity index (χ1n) is 8.36. The summed E-state index contributed by atoms with van der Waals surface area (Å²) >= 11 is 6.00. The van der Waals surface area contributed by atoms with Crippen LogP contribution in [-0.4, -0.2) is 33.7 Å². The number of ether oxygens (including phenoxy) is 1. The van der Waals surface area contributed by atoms with Crippen LogP contribution in [0.25, 0.3) is 6.08 Å². The van der Waals surface area contributed by atoms with Gasteiger partial charge in [-0.05, 0) is 30.7 Å². The lowest BCUT2D eigenvalue weighted by Crippen LogP contribution is -2.38. The maximum Gasteiger partial charge on any atom is 0.417 e. The monoisotopic (exact) mass is 384 g/mol. The van der Waals surface area contributed by atoms with Crippen molar-refractivity contribution in [3.05, 3.63) is 71.0 Å². The Morgan fingerprint density at radius 1 is 1.19 bits per heavy atom. The van der Waals surface area contributed by atoms with Crippen LogP contribution in [0.1, 0.15) is 30.7 Å². The van der Waals surface area contributed by atoms with Crippen molar-refractivity contribution >= 4 is 35.5 Å². The number of imide groups is 1. The third-order valence-electron chi connectivity index (χ3n) is 4.21. The van der Waals surface area contributed by atoms with E-state index in [0.717, 1.165) is 10.5 Å². The quantitative estimate of drug-likeness (QED) is 0.580. The number of allylic oxidation sites excluding steroid dienone is 1. The third-order valence-corrected chi connectivity index (χ3v) is 4.53. The molecule has 0 unspecified atom stereocenters. The fourth-order valence-electron chi connectivity index (χ4n) is 2.86. The van der Waals surface area contributed by atoms with E-state index in [1.807, 2.05) is 30.3 Å². The summed E-state index contributed by atoms with van der Waals surface area (Å²) in [5, 5.41) is -0.123. The minimum absolute atomic E-state index is 0.123. The highest BCUT2D eigenvalue weighted by molar-refractivity contribution is 6.45. The molecule has 7 heteroatoms. The summed E-state index contributed by atoms with van der Waals surface area (Å²) < 4.78 is 5.33. The van der Waals surface area contributed by atoms with Crippen LogP contribution in [-0.2, 0) is 14.3 Å². The van der Waals surface area contributed by atoms with Gasteiger partial charge >= 0.3 is 6.09 Å². The van der Waals surface area contributed by atoms with Gasteiger partial charge in [0.25, 0.3) is 0 Å². The number of carbonyl (C=O) groups excluding carboxylic acids is 3. The molecule has 0 bridgehead atoms. The zero-order chi connectivity index (χ0) is 19.4. The minimum Gasteiger partial charge on any atom is -0.439 e. The van der Waals surface area contributed by atoms with E-state index in [1.54, 1.807) is 31.3 Å². The molecule has 1 aromatic carbocycles. The van der Waals surface area contributed by atoms with E-state index in [2.05, 4.69) is 4.98 Å². The van der Waals surface area contributed by atoms with Gasteiger partial charge in [0.2, 0.25) is 5.91 Å². The van der Waals surface area contributed by atoms with E-state index < -0.39 is 36.4 Å². The number of aromatic nitrogens is 1. The van der Waals surface area contributed by atoms with Gasteiger partial charge in [0.1, 0.15) is 6.10 Å². The van der Waals surface area contributed by atoms with Gasteiger partial charge in [-0.2, -0.15) is 0 Å². The van der Waals surface area contributed by atoms with Crippen LogP contribution >= 0.6 is 11.6 Å². The van der Waals surface area contributed by atoms with Gasteiger partial charge in [-0.15, -0.1) is 0 Å². The second-order valence-electron chi connectivity index (χ2n) is 6.07. The SMILES string of the molecule is C[C@H]1[C@@H](c2ccccc2)OC(=O)N1C(=O)CC(=O)/C(Cl)=C/c1ccccn1. The number of benzene rings is 1. The first kappa shape index (κ1) is 18.8. The molecule has 1 aliphatic heterocycles. The average Bonchev–Trinajstić information content (AvgIpc) is 2.97. The van der Waals surface area contributed by atoms with Crippen molar-refractivity contribution in [2.75, 3.05) is 0 Å². The van der Waals surface area contributed by atoms with Crippen molar-refractivity contribution in [1.29, 1.82) is 0 Å². The molecule has 138 valence electrons. The number of rotatable bonds is 5. The molecule has 2 heterocycles. The topological polar surface area (TPSA) is 76.6 Å². The number of halogens is 1. The first-order valence-corrected chi connectivity index (χ1v) is 8.74. The Balaban J connectivity index is 1.69. The number of nitrogens with zero attached hydrogens (tertiary/aromatic N) is 2. The average molecular weight is 385 g/mol. The van der Waals surface area contributed by atoms with Crippen molar-refractivity contribution in [3.8, 4) is 0 Å². The number of amides is 2. The van der Waals surface area contributed by atoms with Crippen molar-refractivity contribution < 1.29 is 19.1 Å². The number of hydrogen-bond acceptors (Lipinski definition) is 5. The Morgan fingerprint density at radius 2 is 1.89 bits per heavy atom. The van der Waals surface area contributed by atoms with Gasteiger partial charge in [-0.1, -0.05) is 48.0 Å². The summed E-state index contributed by atoms with van der Waals surface area (Å²) in [4.78, 5) is 41.9. The van der Waals surface area contributed by atoms with Crippen LogP contribution in [0.5, 0.6) is 0 Å². The summed E-state index contributed by atoms with van der Waals surface area (Å²) in [6, 6.07) is 13.8. The molecular formula is C20H17ClN2O4. The highest BCUT2D eigenvalue weighted by Crippen LogP contribution is 2.32. The standard InChI is InChI=1S/C20H17ClN2O4/c1-13-19(14-7-3-2-4-8-14)27-20(26)23(13)18(25)12-17(24)16(21)11-15-9-5-6-10-22-15/h2-11,13,19H,12H2,1H3/b16-11-/t13-,19-/m0/s1. The van der Waals surface area contributed by atoms with E-state index in [9.17, 15) is 14.4 Å².